The summed E-state index contributed by atoms with van der Waals surface area (Å²) in [6, 6.07) is 8.88. The summed E-state index contributed by atoms with van der Waals surface area (Å²) in [5.74, 6) is 0.412. The summed E-state index contributed by atoms with van der Waals surface area (Å²) in [7, 11) is 0. The van der Waals surface area contributed by atoms with Gasteiger partial charge in [0.15, 0.2) is 11.5 Å². The molecule has 1 aliphatic heterocycles. The van der Waals surface area contributed by atoms with Gasteiger partial charge in [-0.2, -0.15) is 0 Å². The SMILES string of the molecule is N[C@@H]1CCN(C(=O)c2cc(-c3ccc(Cl)cc3)on2)C1. The van der Waals surface area contributed by atoms with Crippen LogP contribution in [0.2, 0.25) is 5.02 Å². The minimum atomic E-state index is -0.137. The molecule has 6 heteroatoms. The third-order valence-electron chi connectivity index (χ3n) is 3.37. The van der Waals surface area contributed by atoms with Crippen LogP contribution in [0.15, 0.2) is 34.9 Å². The van der Waals surface area contributed by atoms with E-state index in [1.54, 1.807) is 23.1 Å². The van der Waals surface area contributed by atoms with E-state index in [1.165, 1.54) is 0 Å². The van der Waals surface area contributed by atoms with Crippen molar-refractivity contribution in [3.05, 3.63) is 41.0 Å². The fraction of sp³-hybridized carbons (Fsp3) is 0.286. The lowest BCUT2D eigenvalue weighted by Crippen LogP contribution is -2.32. The lowest BCUT2D eigenvalue weighted by Gasteiger charge is -2.12. The van der Waals surface area contributed by atoms with Gasteiger partial charge in [-0.05, 0) is 30.7 Å². The second kappa shape index (κ2) is 5.26. The fourth-order valence-corrected chi connectivity index (χ4v) is 2.39. The molecule has 0 spiro atoms. The van der Waals surface area contributed by atoms with Crippen LogP contribution in [0.5, 0.6) is 0 Å². The number of nitrogens with two attached hydrogens (primary N) is 1. The number of likely N-dealkylation sites (tertiary alicyclic amines) is 1. The van der Waals surface area contributed by atoms with Crippen LogP contribution in [0, 0.1) is 0 Å². The molecule has 0 unspecified atom stereocenters. The predicted octanol–water partition coefficient (Wildman–Crippen LogP) is 2.17. The van der Waals surface area contributed by atoms with Gasteiger partial charge in [0.1, 0.15) is 0 Å². The van der Waals surface area contributed by atoms with Crippen LogP contribution in [0.25, 0.3) is 11.3 Å². The summed E-state index contributed by atoms with van der Waals surface area (Å²) < 4.78 is 5.23. The molecule has 1 aliphatic rings. The van der Waals surface area contributed by atoms with Gasteiger partial charge in [-0.3, -0.25) is 4.79 Å². The smallest absolute Gasteiger partial charge is 0.276 e. The van der Waals surface area contributed by atoms with Crippen LogP contribution in [0.4, 0.5) is 0 Å². The van der Waals surface area contributed by atoms with E-state index in [4.69, 9.17) is 21.9 Å². The molecule has 0 bridgehead atoms. The van der Waals surface area contributed by atoms with Gasteiger partial charge in [0.05, 0.1) is 0 Å². The molecule has 0 aliphatic carbocycles. The zero-order chi connectivity index (χ0) is 14.1. The van der Waals surface area contributed by atoms with E-state index in [9.17, 15) is 4.79 Å². The van der Waals surface area contributed by atoms with Crippen LogP contribution < -0.4 is 5.73 Å². The molecule has 0 saturated carbocycles. The Morgan fingerprint density at radius 3 is 2.80 bits per heavy atom. The van der Waals surface area contributed by atoms with Crippen molar-refractivity contribution in [3.8, 4) is 11.3 Å². The van der Waals surface area contributed by atoms with Crippen molar-refractivity contribution in [3.63, 3.8) is 0 Å². The van der Waals surface area contributed by atoms with E-state index in [0.29, 0.717) is 29.6 Å². The molecular formula is C14H14ClN3O2. The van der Waals surface area contributed by atoms with Gasteiger partial charge in [-0.1, -0.05) is 16.8 Å². The molecule has 2 aromatic rings. The Balaban J connectivity index is 1.79. The van der Waals surface area contributed by atoms with Gasteiger partial charge in [0.25, 0.3) is 5.91 Å². The number of hydrogen-bond acceptors (Lipinski definition) is 4. The molecule has 5 nitrogen and oxygen atoms in total. The summed E-state index contributed by atoms with van der Waals surface area (Å²) in [5.41, 5.74) is 6.94. The Kier molecular flexibility index (Phi) is 3.46. The monoisotopic (exact) mass is 291 g/mol. The maximum atomic E-state index is 12.2. The number of hydrogen-bond donors (Lipinski definition) is 1. The molecule has 104 valence electrons. The van der Waals surface area contributed by atoms with Crippen LogP contribution in [-0.2, 0) is 0 Å². The summed E-state index contributed by atoms with van der Waals surface area (Å²) >= 11 is 5.84. The highest BCUT2D eigenvalue weighted by molar-refractivity contribution is 6.30. The highest BCUT2D eigenvalue weighted by Crippen LogP contribution is 2.23. The first-order chi connectivity index (χ1) is 9.63. The largest absolute Gasteiger partial charge is 0.355 e. The highest BCUT2D eigenvalue weighted by Gasteiger charge is 2.26. The van der Waals surface area contributed by atoms with Crippen LogP contribution in [0.1, 0.15) is 16.9 Å². The van der Waals surface area contributed by atoms with Gasteiger partial charge in [-0.25, -0.2) is 0 Å². The van der Waals surface area contributed by atoms with E-state index >= 15 is 0 Å². The minimum absolute atomic E-state index is 0.0570. The third-order valence-corrected chi connectivity index (χ3v) is 3.62. The van der Waals surface area contributed by atoms with Crippen molar-refractivity contribution in [2.24, 2.45) is 5.73 Å². The molecule has 1 amide bonds. The molecule has 0 radical (unpaired) electrons. The van der Waals surface area contributed by atoms with E-state index < -0.39 is 0 Å². The molecule has 1 aromatic heterocycles. The second-order valence-electron chi connectivity index (χ2n) is 4.88. The fourth-order valence-electron chi connectivity index (χ4n) is 2.26. The highest BCUT2D eigenvalue weighted by atomic mass is 35.5. The minimum Gasteiger partial charge on any atom is -0.355 e. The van der Waals surface area contributed by atoms with Gasteiger partial charge >= 0.3 is 0 Å². The van der Waals surface area contributed by atoms with Crippen molar-refractivity contribution in [2.75, 3.05) is 13.1 Å². The number of halogens is 1. The van der Waals surface area contributed by atoms with Gasteiger partial charge < -0.3 is 15.2 Å². The number of carbonyl (C=O) groups excluding carboxylic acids is 1. The Morgan fingerprint density at radius 1 is 1.40 bits per heavy atom. The summed E-state index contributed by atoms with van der Waals surface area (Å²) in [5, 5.41) is 4.49. The van der Waals surface area contributed by atoms with Gasteiger partial charge in [-0.15, -0.1) is 0 Å². The Hall–Kier alpha value is -1.85. The number of nitrogens with zero attached hydrogens (tertiary/aromatic N) is 2. The Bertz CT molecular complexity index is 624. The lowest BCUT2D eigenvalue weighted by atomic mass is 10.1. The topological polar surface area (TPSA) is 72.4 Å². The molecule has 1 fully saturated rings. The average molecular weight is 292 g/mol. The number of carbonyl (C=O) groups is 1. The number of aromatic nitrogens is 1. The normalized spacial score (nSPS) is 18.5. The first-order valence-corrected chi connectivity index (χ1v) is 6.79. The molecule has 1 atom stereocenters. The maximum absolute atomic E-state index is 12.2. The van der Waals surface area contributed by atoms with Crippen LogP contribution in [-0.4, -0.2) is 35.1 Å². The summed E-state index contributed by atoms with van der Waals surface area (Å²) in [6.45, 7) is 1.24. The summed E-state index contributed by atoms with van der Waals surface area (Å²) in [4.78, 5) is 13.9. The van der Waals surface area contributed by atoms with Crippen molar-refractivity contribution in [1.82, 2.24) is 10.1 Å². The molecule has 1 aromatic carbocycles. The molecular weight excluding hydrogens is 278 g/mol. The molecule has 1 saturated heterocycles. The average Bonchev–Trinajstić information content (AvgIpc) is 3.08. The Morgan fingerprint density at radius 2 is 2.15 bits per heavy atom. The van der Waals surface area contributed by atoms with Crippen molar-refractivity contribution >= 4 is 17.5 Å². The molecule has 3 rings (SSSR count). The van der Waals surface area contributed by atoms with E-state index in [1.807, 2.05) is 12.1 Å². The molecule has 20 heavy (non-hydrogen) atoms. The number of rotatable bonds is 2. The van der Waals surface area contributed by atoms with E-state index in [-0.39, 0.29) is 11.9 Å². The molecule has 2 N–H and O–H groups in total. The second-order valence-corrected chi connectivity index (χ2v) is 5.32. The van der Waals surface area contributed by atoms with Crippen LogP contribution in [0.3, 0.4) is 0 Å². The van der Waals surface area contributed by atoms with Crippen molar-refractivity contribution in [2.45, 2.75) is 12.5 Å². The van der Waals surface area contributed by atoms with Gasteiger partial charge in [0.2, 0.25) is 0 Å². The molecule has 2 heterocycles. The number of benzene rings is 1. The summed E-state index contributed by atoms with van der Waals surface area (Å²) in [6.07, 6.45) is 0.827. The Labute approximate surface area is 121 Å². The van der Waals surface area contributed by atoms with Crippen molar-refractivity contribution < 1.29 is 9.32 Å². The van der Waals surface area contributed by atoms with Crippen molar-refractivity contribution in [1.29, 1.82) is 0 Å². The van der Waals surface area contributed by atoms with E-state index in [2.05, 4.69) is 5.16 Å². The van der Waals surface area contributed by atoms with E-state index in [0.717, 1.165) is 12.0 Å². The number of amides is 1. The quantitative estimate of drug-likeness (QED) is 0.920. The first kappa shape index (κ1) is 13.1. The van der Waals surface area contributed by atoms with Gasteiger partial charge in [0, 0.05) is 35.8 Å². The zero-order valence-electron chi connectivity index (χ0n) is 10.8. The maximum Gasteiger partial charge on any atom is 0.276 e. The standard InChI is InChI=1S/C14H14ClN3O2/c15-10-3-1-9(2-4-10)13-7-12(17-20-13)14(19)18-6-5-11(16)8-18/h1-4,7,11H,5-6,8,16H2/t11-/m1/s1. The van der Waals surface area contributed by atoms with Crippen LogP contribution >= 0.6 is 11.6 Å². The predicted molar refractivity (Wildman–Crippen MR) is 75.4 cm³/mol. The first-order valence-electron chi connectivity index (χ1n) is 6.41. The third kappa shape index (κ3) is 2.55. The zero-order valence-corrected chi connectivity index (χ0v) is 11.5. The lowest BCUT2D eigenvalue weighted by molar-refractivity contribution is 0.0780.